The van der Waals surface area contributed by atoms with Crippen LogP contribution in [-0.4, -0.2) is 0 Å². The quantitative estimate of drug-likeness (QED) is 0.158. The van der Waals surface area contributed by atoms with Gasteiger partial charge in [0.15, 0.2) is 0 Å². The van der Waals surface area contributed by atoms with Crippen molar-refractivity contribution in [3.63, 3.8) is 0 Å². The number of nitrogens with zero attached hydrogens (tertiary/aromatic N) is 1. The lowest BCUT2D eigenvalue weighted by molar-refractivity contribution is 1.30. The van der Waals surface area contributed by atoms with Crippen LogP contribution in [-0.2, 0) is 0 Å². The van der Waals surface area contributed by atoms with Crippen molar-refractivity contribution in [2.24, 2.45) is 0 Å². The summed E-state index contributed by atoms with van der Waals surface area (Å²) in [7, 11) is 0. The molecule has 0 aliphatic rings. The zero-order chi connectivity index (χ0) is 34.4. The summed E-state index contributed by atoms with van der Waals surface area (Å²) in [5.41, 5.74) is 10.5. The van der Waals surface area contributed by atoms with Crippen LogP contribution in [0, 0.1) is 0 Å². The number of benzene rings is 9. The molecule has 9 aromatic carbocycles. The Bertz CT molecular complexity index is 2910. The van der Waals surface area contributed by atoms with Gasteiger partial charge in [0.1, 0.15) is 0 Å². The minimum atomic E-state index is 1.12. The molecule has 0 bridgehead atoms. The van der Waals surface area contributed by atoms with Crippen molar-refractivity contribution in [2.45, 2.75) is 0 Å². The lowest BCUT2D eigenvalue weighted by Crippen LogP contribution is -2.12. The molecular weight excluding hydrogens is 647 g/mol. The van der Waals surface area contributed by atoms with Gasteiger partial charge in [-0.3, -0.25) is 0 Å². The average Bonchev–Trinajstić information content (AvgIpc) is 3.59. The van der Waals surface area contributed by atoms with Gasteiger partial charge in [-0.15, -0.1) is 11.3 Å². The molecule has 1 aromatic heterocycles. The minimum Gasteiger partial charge on any atom is -0.310 e. The van der Waals surface area contributed by atoms with Crippen LogP contribution in [0.25, 0.3) is 75.1 Å². The molecule has 52 heavy (non-hydrogen) atoms. The Kier molecular flexibility index (Phi) is 7.41. The van der Waals surface area contributed by atoms with Gasteiger partial charge in [-0.25, -0.2) is 0 Å². The highest BCUT2D eigenvalue weighted by molar-refractivity contribution is 7.25. The highest BCUT2D eigenvalue weighted by Gasteiger charge is 2.23. The van der Waals surface area contributed by atoms with E-state index in [1.807, 2.05) is 11.3 Å². The van der Waals surface area contributed by atoms with Crippen LogP contribution < -0.4 is 4.90 Å². The topological polar surface area (TPSA) is 3.24 Å². The number of fused-ring (bicyclic) bond motifs is 6. The van der Waals surface area contributed by atoms with Gasteiger partial charge in [0.25, 0.3) is 0 Å². The van der Waals surface area contributed by atoms with Crippen molar-refractivity contribution in [1.29, 1.82) is 0 Å². The van der Waals surface area contributed by atoms with E-state index in [1.165, 1.54) is 75.1 Å². The fourth-order valence-electron chi connectivity index (χ4n) is 7.86. The first-order valence-electron chi connectivity index (χ1n) is 17.8. The molecule has 244 valence electrons. The van der Waals surface area contributed by atoms with E-state index in [0.29, 0.717) is 0 Å². The van der Waals surface area contributed by atoms with Crippen LogP contribution in [0.5, 0.6) is 0 Å². The summed E-state index contributed by atoms with van der Waals surface area (Å²) in [6.07, 6.45) is 0. The molecule has 0 radical (unpaired) electrons. The second kappa shape index (κ2) is 12.7. The molecule has 1 nitrogen and oxygen atoms in total. The number of hydrogen-bond donors (Lipinski definition) is 0. The Morgan fingerprint density at radius 3 is 1.73 bits per heavy atom. The molecule has 0 saturated carbocycles. The van der Waals surface area contributed by atoms with Gasteiger partial charge >= 0.3 is 0 Å². The van der Waals surface area contributed by atoms with E-state index in [0.717, 1.165) is 17.1 Å². The van der Waals surface area contributed by atoms with Crippen LogP contribution in [0.3, 0.4) is 0 Å². The molecule has 10 aromatic rings. The SMILES string of the molecule is c1ccc(-c2ccccc2-c2c(-c3ccccc3)cccc2N(c2ccc3c(ccc4ccccc43)c2)c2ccc3sc4ccccc4c3c2)cc1. The fraction of sp³-hybridized carbons (Fsp3) is 0. The Morgan fingerprint density at radius 2 is 0.904 bits per heavy atom. The molecule has 0 spiro atoms. The van der Waals surface area contributed by atoms with E-state index < -0.39 is 0 Å². The summed E-state index contributed by atoms with van der Waals surface area (Å²) in [6, 6.07) is 73.1. The Balaban J connectivity index is 1.29. The van der Waals surface area contributed by atoms with Gasteiger partial charge in [-0.05, 0) is 91.8 Å². The molecular formula is C50H33NS. The summed E-state index contributed by atoms with van der Waals surface area (Å²) in [4.78, 5) is 2.48. The van der Waals surface area contributed by atoms with Crippen LogP contribution in [0.1, 0.15) is 0 Å². The molecule has 0 aliphatic carbocycles. The maximum Gasteiger partial charge on any atom is 0.0546 e. The highest BCUT2D eigenvalue weighted by atomic mass is 32.1. The largest absolute Gasteiger partial charge is 0.310 e. The van der Waals surface area contributed by atoms with Crippen LogP contribution in [0.2, 0.25) is 0 Å². The molecule has 2 heteroatoms. The zero-order valence-corrected chi connectivity index (χ0v) is 29.2. The Morgan fingerprint density at radius 1 is 0.327 bits per heavy atom. The smallest absolute Gasteiger partial charge is 0.0546 e. The second-order valence-corrected chi connectivity index (χ2v) is 14.4. The summed E-state index contributed by atoms with van der Waals surface area (Å²) >= 11 is 1.86. The highest BCUT2D eigenvalue weighted by Crippen LogP contribution is 2.49. The maximum atomic E-state index is 2.48. The first-order valence-corrected chi connectivity index (χ1v) is 18.6. The van der Waals surface area contributed by atoms with E-state index in [-0.39, 0.29) is 0 Å². The summed E-state index contributed by atoms with van der Waals surface area (Å²) in [5, 5.41) is 7.57. The number of hydrogen-bond acceptors (Lipinski definition) is 2. The third-order valence-corrected chi connectivity index (χ3v) is 11.4. The predicted octanol–water partition coefficient (Wildman–Crippen LogP) is 14.8. The van der Waals surface area contributed by atoms with E-state index in [9.17, 15) is 0 Å². The van der Waals surface area contributed by atoms with Crippen molar-refractivity contribution < 1.29 is 0 Å². The summed E-state index contributed by atoms with van der Waals surface area (Å²) in [5.74, 6) is 0. The summed E-state index contributed by atoms with van der Waals surface area (Å²) < 4.78 is 2.60. The van der Waals surface area contributed by atoms with Gasteiger partial charge in [0.05, 0.1) is 5.69 Å². The fourth-order valence-corrected chi connectivity index (χ4v) is 8.94. The lowest BCUT2D eigenvalue weighted by Gasteiger charge is -2.30. The average molecular weight is 680 g/mol. The van der Waals surface area contributed by atoms with Gasteiger partial charge in [0, 0.05) is 37.1 Å². The van der Waals surface area contributed by atoms with Crippen molar-refractivity contribution in [3.8, 4) is 33.4 Å². The molecule has 0 unspecified atom stereocenters. The van der Waals surface area contributed by atoms with Crippen LogP contribution >= 0.6 is 11.3 Å². The zero-order valence-electron chi connectivity index (χ0n) is 28.4. The van der Waals surface area contributed by atoms with Crippen molar-refractivity contribution in [2.75, 3.05) is 4.90 Å². The molecule has 0 N–H and O–H groups in total. The molecule has 10 rings (SSSR count). The van der Waals surface area contributed by atoms with Gasteiger partial charge in [0.2, 0.25) is 0 Å². The molecule has 0 saturated heterocycles. The Labute approximate surface area is 307 Å². The van der Waals surface area contributed by atoms with E-state index >= 15 is 0 Å². The molecule has 1 heterocycles. The van der Waals surface area contributed by atoms with Gasteiger partial charge in [-0.1, -0.05) is 158 Å². The predicted molar refractivity (Wildman–Crippen MR) is 225 cm³/mol. The van der Waals surface area contributed by atoms with Crippen molar-refractivity contribution >= 4 is 70.1 Å². The third-order valence-electron chi connectivity index (χ3n) is 10.3. The molecule has 0 aliphatic heterocycles. The summed E-state index contributed by atoms with van der Waals surface area (Å²) in [6.45, 7) is 0. The van der Waals surface area contributed by atoms with E-state index in [4.69, 9.17) is 0 Å². The van der Waals surface area contributed by atoms with Gasteiger partial charge in [-0.2, -0.15) is 0 Å². The lowest BCUT2D eigenvalue weighted by atomic mass is 9.87. The maximum absolute atomic E-state index is 2.48. The van der Waals surface area contributed by atoms with Crippen LogP contribution in [0.15, 0.2) is 200 Å². The first kappa shape index (κ1) is 30.4. The standard InChI is InChI=1S/C50H33NS/c1-3-14-34(15-4-1)41-20-9-10-22-45(41)50-43(35-16-5-2-6-17-35)23-13-24-47(50)51(39-29-31-49-46(33-39)44-21-11-12-25-48(44)52-49)38-28-30-42-37(32-38)27-26-36-18-7-8-19-40(36)42/h1-33H. The monoisotopic (exact) mass is 679 g/mol. The minimum absolute atomic E-state index is 1.12. The molecule has 0 atom stereocenters. The Hall–Kier alpha value is -6.48. The van der Waals surface area contributed by atoms with Crippen molar-refractivity contribution in [3.05, 3.63) is 200 Å². The second-order valence-electron chi connectivity index (χ2n) is 13.3. The van der Waals surface area contributed by atoms with Crippen LogP contribution in [0.4, 0.5) is 17.1 Å². The number of rotatable bonds is 6. The molecule has 0 fully saturated rings. The number of anilines is 3. The van der Waals surface area contributed by atoms with E-state index in [2.05, 4.69) is 205 Å². The van der Waals surface area contributed by atoms with E-state index in [1.54, 1.807) is 0 Å². The first-order chi connectivity index (χ1) is 25.8. The normalized spacial score (nSPS) is 11.5. The third kappa shape index (κ3) is 5.16. The van der Waals surface area contributed by atoms with Gasteiger partial charge < -0.3 is 4.90 Å². The number of thiophene rings is 1. The molecule has 0 amide bonds. The van der Waals surface area contributed by atoms with Crippen molar-refractivity contribution in [1.82, 2.24) is 0 Å².